The molecule has 1 radical (unpaired) electrons. The predicted molar refractivity (Wildman–Crippen MR) is 49.7 cm³/mol. The van der Waals surface area contributed by atoms with Gasteiger partial charge in [0.15, 0.2) is 5.78 Å². The van der Waals surface area contributed by atoms with E-state index in [2.05, 4.69) is 11.1 Å². The minimum atomic E-state index is 0.0564. The molecule has 0 aromatic carbocycles. The maximum Gasteiger partial charge on any atom is 0.161 e. The number of pyridine rings is 1. The first-order valence-corrected chi connectivity index (χ1v) is 4.68. The Labute approximate surface area is 78.0 Å². The summed E-state index contributed by atoms with van der Waals surface area (Å²) < 4.78 is 0. The molecule has 2 rings (SSSR count). The molecular weight excluding hydrogens is 162 g/mol. The zero-order chi connectivity index (χ0) is 9.26. The van der Waals surface area contributed by atoms with E-state index in [4.69, 9.17) is 0 Å². The van der Waals surface area contributed by atoms with E-state index in [1.807, 2.05) is 0 Å². The molecule has 0 atom stereocenters. The summed E-state index contributed by atoms with van der Waals surface area (Å²) in [6, 6.07) is 3.15. The van der Waals surface area contributed by atoms with Crippen LogP contribution in [0.3, 0.4) is 0 Å². The zero-order valence-corrected chi connectivity index (χ0v) is 7.76. The number of fused-ring (bicyclic) bond motifs is 1. The molecule has 2 heteroatoms. The third kappa shape index (κ3) is 1.62. The van der Waals surface area contributed by atoms with Crippen molar-refractivity contribution in [3.63, 3.8) is 0 Å². The highest BCUT2D eigenvalue weighted by Crippen LogP contribution is 2.19. The SMILES string of the molecule is CC(=O)c1[c]c2c(nc1)CCCC2. The first kappa shape index (κ1) is 8.42. The summed E-state index contributed by atoms with van der Waals surface area (Å²) in [4.78, 5) is 15.3. The quantitative estimate of drug-likeness (QED) is 0.609. The van der Waals surface area contributed by atoms with E-state index >= 15 is 0 Å². The summed E-state index contributed by atoms with van der Waals surface area (Å²) in [5.74, 6) is 0.0564. The Hall–Kier alpha value is -1.18. The first-order valence-electron chi connectivity index (χ1n) is 4.68. The lowest BCUT2D eigenvalue weighted by Crippen LogP contribution is -2.07. The second kappa shape index (κ2) is 3.29. The molecule has 0 unspecified atom stereocenters. The molecule has 0 saturated carbocycles. The van der Waals surface area contributed by atoms with Gasteiger partial charge < -0.3 is 0 Å². The van der Waals surface area contributed by atoms with Crippen LogP contribution in [0.5, 0.6) is 0 Å². The van der Waals surface area contributed by atoms with Crippen molar-refractivity contribution in [3.8, 4) is 0 Å². The van der Waals surface area contributed by atoms with Crippen LogP contribution in [-0.4, -0.2) is 10.8 Å². The molecule has 1 aliphatic carbocycles. The molecule has 0 fully saturated rings. The van der Waals surface area contributed by atoms with Crippen molar-refractivity contribution in [2.75, 3.05) is 0 Å². The van der Waals surface area contributed by atoms with Crippen LogP contribution in [-0.2, 0) is 12.8 Å². The molecule has 2 nitrogen and oxygen atoms in total. The highest BCUT2D eigenvalue weighted by atomic mass is 16.1. The van der Waals surface area contributed by atoms with Crippen LogP contribution < -0.4 is 0 Å². The van der Waals surface area contributed by atoms with Gasteiger partial charge in [0.2, 0.25) is 0 Å². The standard InChI is InChI=1S/C11H12NO/c1-8(13)10-6-9-4-2-3-5-11(9)12-7-10/h7H,2-5H2,1H3. The first-order chi connectivity index (χ1) is 6.27. The predicted octanol–water partition coefficient (Wildman–Crippen LogP) is 1.96. The molecule has 1 heterocycles. The van der Waals surface area contributed by atoms with E-state index in [1.54, 1.807) is 13.1 Å². The van der Waals surface area contributed by atoms with Gasteiger partial charge >= 0.3 is 0 Å². The van der Waals surface area contributed by atoms with E-state index in [0.29, 0.717) is 5.56 Å². The molecule has 0 N–H and O–H groups in total. The Morgan fingerprint density at radius 3 is 3.00 bits per heavy atom. The molecule has 0 aliphatic heterocycles. The highest BCUT2D eigenvalue weighted by molar-refractivity contribution is 5.93. The van der Waals surface area contributed by atoms with Crippen molar-refractivity contribution in [3.05, 3.63) is 29.1 Å². The molecule has 13 heavy (non-hydrogen) atoms. The fourth-order valence-electron chi connectivity index (χ4n) is 1.68. The maximum atomic E-state index is 11.1. The minimum Gasteiger partial charge on any atom is -0.294 e. The zero-order valence-electron chi connectivity index (χ0n) is 7.76. The molecule has 1 aromatic rings. The molecule has 1 aliphatic rings. The molecule has 0 amide bonds. The summed E-state index contributed by atoms with van der Waals surface area (Å²) in [7, 11) is 0. The molecule has 67 valence electrons. The van der Waals surface area contributed by atoms with Crippen molar-refractivity contribution in [2.45, 2.75) is 32.6 Å². The maximum absolute atomic E-state index is 11.1. The second-order valence-electron chi connectivity index (χ2n) is 3.49. The number of nitrogens with zero attached hydrogens (tertiary/aromatic N) is 1. The fourth-order valence-corrected chi connectivity index (χ4v) is 1.68. The number of hydrogen-bond acceptors (Lipinski definition) is 2. The van der Waals surface area contributed by atoms with Crippen molar-refractivity contribution >= 4 is 5.78 Å². The smallest absolute Gasteiger partial charge is 0.161 e. The number of Topliss-reactive ketones (excluding diaryl/α,β-unsaturated/α-hetero) is 1. The van der Waals surface area contributed by atoms with E-state index < -0.39 is 0 Å². The van der Waals surface area contributed by atoms with Gasteiger partial charge in [-0.2, -0.15) is 0 Å². The largest absolute Gasteiger partial charge is 0.294 e. The van der Waals surface area contributed by atoms with Crippen molar-refractivity contribution in [1.29, 1.82) is 0 Å². The Balaban J connectivity index is 2.40. The summed E-state index contributed by atoms with van der Waals surface area (Å²) >= 11 is 0. The average molecular weight is 174 g/mol. The van der Waals surface area contributed by atoms with Gasteiger partial charge in [-0.3, -0.25) is 9.78 Å². The van der Waals surface area contributed by atoms with Gasteiger partial charge in [0.1, 0.15) is 0 Å². The van der Waals surface area contributed by atoms with Gasteiger partial charge in [-0.15, -0.1) is 0 Å². The number of aromatic nitrogens is 1. The van der Waals surface area contributed by atoms with Gasteiger partial charge in [-0.25, -0.2) is 0 Å². The van der Waals surface area contributed by atoms with Crippen LogP contribution in [0.1, 0.15) is 41.4 Å². The summed E-state index contributed by atoms with van der Waals surface area (Å²) in [6.45, 7) is 1.56. The monoisotopic (exact) mass is 174 g/mol. The third-order valence-electron chi connectivity index (χ3n) is 2.45. The van der Waals surface area contributed by atoms with Crippen LogP contribution >= 0.6 is 0 Å². The Morgan fingerprint density at radius 1 is 1.46 bits per heavy atom. The van der Waals surface area contributed by atoms with Crippen LogP contribution in [0.25, 0.3) is 0 Å². The number of hydrogen-bond donors (Lipinski definition) is 0. The Morgan fingerprint density at radius 2 is 2.23 bits per heavy atom. The molecule has 1 aromatic heterocycles. The second-order valence-corrected chi connectivity index (χ2v) is 3.49. The lowest BCUT2D eigenvalue weighted by molar-refractivity contribution is 0.101. The van der Waals surface area contributed by atoms with E-state index in [9.17, 15) is 4.79 Å². The number of carbonyl (C=O) groups excluding carboxylic acids is 1. The summed E-state index contributed by atoms with van der Waals surface area (Å²) in [5.41, 5.74) is 2.91. The van der Waals surface area contributed by atoms with Crippen LogP contribution in [0.15, 0.2) is 6.20 Å². The molecule has 0 bridgehead atoms. The normalized spacial score (nSPS) is 15.2. The van der Waals surface area contributed by atoms with Gasteiger partial charge in [-0.1, -0.05) is 0 Å². The lowest BCUT2D eigenvalue weighted by Gasteiger charge is -2.13. The van der Waals surface area contributed by atoms with Crippen molar-refractivity contribution in [1.82, 2.24) is 4.98 Å². The van der Waals surface area contributed by atoms with E-state index in [1.165, 1.54) is 12.8 Å². The van der Waals surface area contributed by atoms with Gasteiger partial charge in [0, 0.05) is 23.5 Å². The van der Waals surface area contributed by atoms with Crippen LogP contribution in [0, 0.1) is 6.07 Å². The molecule has 0 saturated heterocycles. The minimum absolute atomic E-state index is 0.0564. The van der Waals surface area contributed by atoms with Crippen LogP contribution in [0.4, 0.5) is 0 Å². The van der Waals surface area contributed by atoms with E-state index in [0.717, 1.165) is 24.1 Å². The van der Waals surface area contributed by atoms with Crippen molar-refractivity contribution in [2.24, 2.45) is 0 Å². The number of carbonyl (C=O) groups is 1. The number of rotatable bonds is 1. The van der Waals surface area contributed by atoms with E-state index in [-0.39, 0.29) is 5.78 Å². The van der Waals surface area contributed by atoms with Gasteiger partial charge in [0.05, 0.1) is 0 Å². The average Bonchev–Trinajstić information content (AvgIpc) is 2.17. The highest BCUT2D eigenvalue weighted by Gasteiger charge is 2.12. The van der Waals surface area contributed by atoms with Gasteiger partial charge in [-0.05, 0) is 38.2 Å². The molecular formula is C11H12NO. The molecule has 0 spiro atoms. The fraction of sp³-hybridized carbons (Fsp3) is 0.455. The van der Waals surface area contributed by atoms with Crippen LogP contribution in [0.2, 0.25) is 0 Å². The Bertz CT molecular complexity index is 344. The third-order valence-corrected chi connectivity index (χ3v) is 2.45. The topological polar surface area (TPSA) is 30.0 Å². The lowest BCUT2D eigenvalue weighted by atomic mass is 9.94. The summed E-state index contributed by atoms with van der Waals surface area (Å²) in [6.07, 6.45) is 6.14. The van der Waals surface area contributed by atoms with Gasteiger partial charge in [0.25, 0.3) is 0 Å². The summed E-state index contributed by atoms with van der Waals surface area (Å²) in [5, 5.41) is 0. The number of ketones is 1. The number of aryl methyl sites for hydroxylation is 2. The van der Waals surface area contributed by atoms with Crippen molar-refractivity contribution < 1.29 is 4.79 Å². The Kier molecular flexibility index (Phi) is 2.13.